The van der Waals surface area contributed by atoms with Crippen molar-refractivity contribution in [1.29, 1.82) is 0 Å². The number of benzene rings is 1. The molecule has 0 aliphatic carbocycles. The lowest BCUT2D eigenvalue weighted by atomic mass is 10.2. The number of carbonyl (C=O) groups is 3. The molecule has 1 saturated heterocycles. The number of halogens is 1. The number of nitrogens with one attached hydrogen (secondary N) is 1. The van der Waals surface area contributed by atoms with Crippen LogP contribution in [0.1, 0.15) is 25.3 Å². The van der Waals surface area contributed by atoms with Gasteiger partial charge in [-0.05, 0) is 18.6 Å². The molecule has 106 valence electrons. The predicted molar refractivity (Wildman–Crippen MR) is 73.8 cm³/mol. The number of amides is 3. The second kappa shape index (κ2) is 6.05. The standard InChI is InChI=1S/C14H15ClN2O3/c1-9(17-12(18)6-7-13(17)19)14(20)16-8-10-4-2-3-5-11(10)15/h2-5,9H,6-8H2,1H3,(H,16,20). The minimum atomic E-state index is -0.792. The van der Waals surface area contributed by atoms with Gasteiger partial charge >= 0.3 is 0 Å². The third-order valence-electron chi connectivity index (χ3n) is 3.27. The summed E-state index contributed by atoms with van der Waals surface area (Å²) < 4.78 is 0. The summed E-state index contributed by atoms with van der Waals surface area (Å²) in [5.74, 6) is -0.959. The van der Waals surface area contributed by atoms with Crippen molar-refractivity contribution in [3.05, 3.63) is 34.9 Å². The summed E-state index contributed by atoms with van der Waals surface area (Å²) in [6.07, 6.45) is 0.363. The van der Waals surface area contributed by atoms with E-state index in [1.165, 1.54) is 0 Å². The molecule has 1 unspecified atom stereocenters. The normalized spacial score (nSPS) is 16.4. The second-order valence-corrected chi connectivity index (χ2v) is 5.05. The van der Waals surface area contributed by atoms with Crippen molar-refractivity contribution in [3.63, 3.8) is 0 Å². The van der Waals surface area contributed by atoms with Crippen LogP contribution in [0.3, 0.4) is 0 Å². The zero-order chi connectivity index (χ0) is 14.7. The molecule has 0 spiro atoms. The Labute approximate surface area is 121 Å². The maximum atomic E-state index is 12.0. The molecule has 3 amide bonds. The summed E-state index contributed by atoms with van der Waals surface area (Å²) in [5.41, 5.74) is 0.786. The lowest BCUT2D eigenvalue weighted by Crippen LogP contribution is -2.47. The third kappa shape index (κ3) is 2.99. The van der Waals surface area contributed by atoms with Crippen LogP contribution in [0.25, 0.3) is 0 Å². The molecule has 1 aliphatic rings. The van der Waals surface area contributed by atoms with Crippen LogP contribution in [0.5, 0.6) is 0 Å². The summed E-state index contributed by atoms with van der Waals surface area (Å²) in [4.78, 5) is 36.2. The first-order chi connectivity index (χ1) is 9.50. The number of hydrogen-bond acceptors (Lipinski definition) is 3. The van der Waals surface area contributed by atoms with Gasteiger partial charge in [-0.15, -0.1) is 0 Å². The average molecular weight is 295 g/mol. The number of rotatable bonds is 4. The Hall–Kier alpha value is -1.88. The van der Waals surface area contributed by atoms with Crippen molar-refractivity contribution >= 4 is 29.3 Å². The van der Waals surface area contributed by atoms with Crippen LogP contribution < -0.4 is 5.32 Å². The van der Waals surface area contributed by atoms with Crippen molar-refractivity contribution in [1.82, 2.24) is 10.2 Å². The molecule has 0 radical (unpaired) electrons. The van der Waals surface area contributed by atoms with E-state index in [1.807, 2.05) is 6.07 Å². The molecule has 0 aromatic heterocycles. The van der Waals surface area contributed by atoms with Crippen LogP contribution in [-0.4, -0.2) is 28.7 Å². The van der Waals surface area contributed by atoms with Gasteiger partial charge in [0.2, 0.25) is 17.7 Å². The molecule has 1 atom stereocenters. The highest BCUT2D eigenvalue weighted by Crippen LogP contribution is 2.17. The lowest BCUT2D eigenvalue weighted by molar-refractivity contribution is -0.146. The molecule has 20 heavy (non-hydrogen) atoms. The van der Waals surface area contributed by atoms with Gasteiger partial charge in [-0.1, -0.05) is 29.8 Å². The van der Waals surface area contributed by atoms with Gasteiger partial charge in [0.1, 0.15) is 6.04 Å². The molecule has 1 aromatic rings. The molecule has 1 fully saturated rings. The minimum absolute atomic E-state index is 0.182. The van der Waals surface area contributed by atoms with Crippen LogP contribution in [-0.2, 0) is 20.9 Å². The van der Waals surface area contributed by atoms with E-state index < -0.39 is 6.04 Å². The van der Waals surface area contributed by atoms with Crippen LogP contribution in [0.4, 0.5) is 0 Å². The van der Waals surface area contributed by atoms with Crippen molar-refractivity contribution < 1.29 is 14.4 Å². The summed E-state index contributed by atoms with van der Waals surface area (Å²) in [7, 11) is 0. The minimum Gasteiger partial charge on any atom is -0.350 e. The van der Waals surface area contributed by atoms with E-state index in [2.05, 4.69) is 5.32 Å². The summed E-state index contributed by atoms with van der Waals surface area (Å²) >= 11 is 5.99. The lowest BCUT2D eigenvalue weighted by Gasteiger charge is -2.21. The Morgan fingerprint density at radius 3 is 2.50 bits per heavy atom. The summed E-state index contributed by atoms with van der Waals surface area (Å²) in [5, 5.41) is 3.25. The fourth-order valence-corrected chi connectivity index (χ4v) is 2.32. The van der Waals surface area contributed by atoms with E-state index in [9.17, 15) is 14.4 Å². The number of hydrogen-bond donors (Lipinski definition) is 1. The molecule has 5 nitrogen and oxygen atoms in total. The first-order valence-electron chi connectivity index (χ1n) is 6.36. The number of likely N-dealkylation sites (tertiary alicyclic amines) is 1. The van der Waals surface area contributed by atoms with Crippen LogP contribution in [0.2, 0.25) is 5.02 Å². The van der Waals surface area contributed by atoms with Crippen LogP contribution in [0, 0.1) is 0 Å². The zero-order valence-corrected chi connectivity index (χ0v) is 11.8. The predicted octanol–water partition coefficient (Wildman–Crippen LogP) is 1.49. The molecule has 1 aliphatic heterocycles. The Balaban J connectivity index is 1.97. The van der Waals surface area contributed by atoms with Gasteiger partial charge in [0.25, 0.3) is 0 Å². The second-order valence-electron chi connectivity index (χ2n) is 4.64. The Bertz CT molecular complexity index is 543. The van der Waals surface area contributed by atoms with Crippen molar-refractivity contribution in [2.75, 3.05) is 0 Å². The molecular weight excluding hydrogens is 280 g/mol. The first-order valence-corrected chi connectivity index (χ1v) is 6.74. The van der Waals surface area contributed by atoms with E-state index in [-0.39, 0.29) is 37.1 Å². The van der Waals surface area contributed by atoms with E-state index in [4.69, 9.17) is 11.6 Å². The van der Waals surface area contributed by atoms with Gasteiger partial charge in [0, 0.05) is 24.4 Å². The van der Waals surface area contributed by atoms with Crippen molar-refractivity contribution in [2.24, 2.45) is 0 Å². The quantitative estimate of drug-likeness (QED) is 0.856. The van der Waals surface area contributed by atoms with Crippen LogP contribution in [0.15, 0.2) is 24.3 Å². The molecular formula is C14H15ClN2O3. The van der Waals surface area contributed by atoms with Gasteiger partial charge in [0.15, 0.2) is 0 Å². The number of nitrogens with zero attached hydrogens (tertiary/aromatic N) is 1. The fourth-order valence-electron chi connectivity index (χ4n) is 2.11. The summed E-state index contributed by atoms with van der Waals surface area (Å²) in [6.45, 7) is 1.81. The van der Waals surface area contributed by atoms with E-state index >= 15 is 0 Å². The maximum Gasteiger partial charge on any atom is 0.243 e. The fraction of sp³-hybridized carbons (Fsp3) is 0.357. The molecule has 1 heterocycles. The monoisotopic (exact) mass is 294 g/mol. The SMILES string of the molecule is CC(C(=O)NCc1ccccc1Cl)N1C(=O)CCC1=O. The van der Waals surface area contributed by atoms with Gasteiger partial charge in [-0.25, -0.2) is 0 Å². The first kappa shape index (κ1) is 14.5. The van der Waals surface area contributed by atoms with Crippen LogP contribution >= 0.6 is 11.6 Å². The molecule has 0 bridgehead atoms. The number of imide groups is 1. The van der Waals surface area contributed by atoms with Gasteiger partial charge in [-0.2, -0.15) is 0 Å². The summed E-state index contributed by atoms with van der Waals surface area (Å²) in [6, 6.07) is 6.38. The topological polar surface area (TPSA) is 66.5 Å². The largest absolute Gasteiger partial charge is 0.350 e. The highest BCUT2D eigenvalue weighted by molar-refractivity contribution is 6.31. The average Bonchev–Trinajstić information content (AvgIpc) is 2.76. The number of carbonyl (C=O) groups excluding carboxylic acids is 3. The molecule has 6 heteroatoms. The maximum absolute atomic E-state index is 12.0. The highest BCUT2D eigenvalue weighted by Gasteiger charge is 2.35. The molecule has 2 rings (SSSR count). The van der Waals surface area contributed by atoms with Gasteiger partial charge in [-0.3, -0.25) is 19.3 Å². The van der Waals surface area contributed by atoms with Gasteiger partial charge < -0.3 is 5.32 Å². The Morgan fingerprint density at radius 1 is 1.30 bits per heavy atom. The Kier molecular flexibility index (Phi) is 4.39. The highest BCUT2D eigenvalue weighted by atomic mass is 35.5. The molecule has 1 N–H and O–H groups in total. The van der Waals surface area contributed by atoms with Crippen molar-refractivity contribution in [3.8, 4) is 0 Å². The van der Waals surface area contributed by atoms with E-state index in [0.717, 1.165) is 10.5 Å². The van der Waals surface area contributed by atoms with Gasteiger partial charge in [0.05, 0.1) is 0 Å². The van der Waals surface area contributed by atoms with E-state index in [1.54, 1.807) is 25.1 Å². The molecule has 1 aromatic carbocycles. The van der Waals surface area contributed by atoms with E-state index in [0.29, 0.717) is 5.02 Å². The smallest absolute Gasteiger partial charge is 0.243 e. The Morgan fingerprint density at radius 2 is 1.90 bits per heavy atom. The van der Waals surface area contributed by atoms with Crippen molar-refractivity contribution in [2.45, 2.75) is 32.4 Å². The molecule has 0 saturated carbocycles. The third-order valence-corrected chi connectivity index (χ3v) is 3.64. The zero-order valence-electron chi connectivity index (χ0n) is 11.1.